The van der Waals surface area contributed by atoms with Gasteiger partial charge in [-0.1, -0.05) is 0 Å². The molecule has 16 heavy (non-hydrogen) atoms. The number of imide groups is 1. The zero-order valence-corrected chi connectivity index (χ0v) is 9.51. The van der Waals surface area contributed by atoms with Crippen molar-refractivity contribution in [2.45, 2.75) is 18.9 Å². The Bertz CT molecular complexity index is 321. The molecule has 0 unspecified atom stereocenters. The smallest absolute Gasteiger partial charge is 0.249 e. The minimum absolute atomic E-state index is 0. The molecule has 6 nitrogen and oxygen atoms in total. The molecule has 0 aliphatic carbocycles. The first-order chi connectivity index (χ1) is 7.18. The summed E-state index contributed by atoms with van der Waals surface area (Å²) < 4.78 is 0. The van der Waals surface area contributed by atoms with Crippen LogP contribution >= 0.6 is 12.4 Å². The zero-order valence-electron chi connectivity index (χ0n) is 8.69. The third kappa shape index (κ3) is 2.51. The van der Waals surface area contributed by atoms with Gasteiger partial charge in [-0.25, -0.2) is 0 Å². The first kappa shape index (κ1) is 12.9. The fraction of sp³-hybridized carbons (Fsp3) is 0.667. The summed E-state index contributed by atoms with van der Waals surface area (Å²) in [6.07, 6.45) is 0.754. The summed E-state index contributed by atoms with van der Waals surface area (Å²) in [4.78, 5) is 35.5. The summed E-state index contributed by atoms with van der Waals surface area (Å²) in [6.45, 7) is 1.51. The largest absolute Gasteiger partial charge is 0.328 e. The summed E-state index contributed by atoms with van der Waals surface area (Å²) >= 11 is 0. The molecule has 2 fully saturated rings. The first-order valence-corrected chi connectivity index (χ1v) is 5.02. The zero-order chi connectivity index (χ0) is 10.8. The lowest BCUT2D eigenvalue weighted by Gasteiger charge is -2.35. The van der Waals surface area contributed by atoms with E-state index in [1.54, 1.807) is 4.90 Å². The topological polar surface area (TPSA) is 78.5 Å². The Morgan fingerprint density at radius 1 is 1.25 bits per heavy atom. The van der Waals surface area contributed by atoms with Crippen molar-refractivity contribution in [3.05, 3.63) is 0 Å². The van der Waals surface area contributed by atoms with E-state index in [1.165, 1.54) is 0 Å². The van der Waals surface area contributed by atoms with Gasteiger partial charge in [-0.05, 0) is 6.42 Å². The second kappa shape index (κ2) is 5.27. The maximum Gasteiger partial charge on any atom is 0.249 e. The van der Waals surface area contributed by atoms with Crippen LogP contribution in [0.1, 0.15) is 12.8 Å². The number of carbonyl (C=O) groups is 3. The van der Waals surface area contributed by atoms with Crippen LogP contribution in [0.4, 0.5) is 0 Å². The molecule has 0 radical (unpaired) electrons. The summed E-state index contributed by atoms with van der Waals surface area (Å²) in [6, 6.07) is -0.461. The molecule has 0 aromatic heterocycles. The first-order valence-electron chi connectivity index (χ1n) is 5.02. The lowest BCUT2D eigenvalue weighted by Crippen LogP contribution is -2.59. The maximum atomic E-state index is 11.5. The van der Waals surface area contributed by atoms with Crippen molar-refractivity contribution in [2.24, 2.45) is 0 Å². The van der Waals surface area contributed by atoms with Crippen LogP contribution in [0, 0.1) is 0 Å². The van der Waals surface area contributed by atoms with E-state index >= 15 is 0 Å². The predicted molar refractivity (Wildman–Crippen MR) is 58.0 cm³/mol. The highest BCUT2D eigenvalue weighted by atomic mass is 35.5. The Hall–Kier alpha value is -1.14. The van der Waals surface area contributed by atoms with E-state index in [4.69, 9.17) is 0 Å². The monoisotopic (exact) mass is 247 g/mol. The van der Waals surface area contributed by atoms with Gasteiger partial charge >= 0.3 is 0 Å². The van der Waals surface area contributed by atoms with Gasteiger partial charge in [0.25, 0.3) is 0 Å². The Morgan fingerprint density at radius 3 is 2.62 bits per heavy atom. The second-order valence-electron chi connectivity index (χ2n) is 3.73. The van der Waals surface area contributed by atoms with Crippen molar-refractivity contribution in [1.82, 2.24) is 15.5 Å². The van der Waals surface area contributed by atoms with Crippen molar-refractivity contribution in [3.63, 3.8) is 0 Å². The average molecular weight is 248 g/mol. The van der Waals surface area contributed by atoms with Crippen molar-refractivity contribution >= 4 is 30.1 Å². The molecule has 7 heteroatoms. The number of piperidine rings is 1. The van der Waals surface area contributed by atoms with Gasteiger partial charge in [0, 0.05) is 19.5 Å². The summed E-state index contributed by atoms with van der Waals surface area (Å²) in [5, 5.41) is 5.19. The molecule has 0 aromatic carbocycles. The molecule has 3 amide bonds. The third-order valence-electron chi connectivity index (χ3n) is 2.71. The molecule has 2 aliphatic rings. The minimum Gasteiger partial charge on any atom is -0.328 e. The molecular formula is C9H14ClN3O3. The van der Waals surface area contributed by atoms with E-state index in [0.717, 1.165) is 0 Å². The van der Waals surface area contributed by atoms with Gasteiger partial charge in [-0.3, -0.25) is 19.7 Å². The predicted octanol–water partition coefficient (Wildman–Crippen LogP) is -1.35. The number of rotatable bonds is 1. The average Bonchev–Trinajstić information content (AvgIpc) is 2.20. The van der Waals surface area contributed by atoms with Gasteiger partial charge in [-0.15, -0.1) is 12.4 Å². The van der Waals surface area contributed by atoms with E-state index in [2.05, 4.69) is 10.6 Å². The highest BCUT2D eigenvalue weighted by molar-refractivity contribution is 6.01. The number of nitrogens with one attached hydrogen (secondary N) is 2. The van der Waals surface area contributed by atoms with Crippen LogP contribution in [0.3, 0.4) is 0 Å². The van der Waals surface area contributed by atoms with Gasteiger partial charge < -0.3 is 10.2 Å². The summed E-state index contributed by atoms with van der Waals surface area (Å²) in [5.74, 6) is -0.670. The summed E-state index contributed by atoms with van der Waals surface area (Å²) in [5.41, 5.74) is 0. The number of nitrogens with zero attached hydrogens (tertiary/aromatic N) is 1. The number of amides is 3. The molecule has 2 heterocycles. The van der Waals surface area contributed by atoms with Crippen molar-refractivity contribution in [2.75, 3.05) is 19.6 Å². The van der Waals surface area contributed by atoms with Crippen LogP contribution in [0.5, 0.6) is 0 Å². The number of halogens is 1. The molecule has 0 aromatic rings. The molecule has 1 atom stereocenters. The number of hydrogen-bond donors (Lipinski definition) is 2. The minimum atomic E-state index is -0.461. The van der Waals surface area contributed by atoms with E-state index in [0.29, 0.717) is 25.9 Å². The van der Waals surface area contributed by atoms with Gasteiger partial charge in [0.15, 0.2) is 0 Å². The van der Waals surface area contributed by atoms with E-state index < -0.39 is 6.04 Å². The molecule has 2 saturated heterocycles. The van der Waals surface area contributed by atoms with Gasteiger partial charge in [0.2, 0.25) is 17.7 Å². The highest BCUT2D eigenvalue weighted by Gasteiger charge is 2.34. The lowest BCUT2D eigenvalue weighted by atomic mass is 10.0. The highest BCUT2D eigenvalue weighted by Crippen LogP contribution is 2.13. The molecule has 0 bridgehead atoms. The van der Waals surface area contributed by atoms with Crippen molar-refractivity contribution in [3.8, 4) is 0 Å². The Balaban J connectivity index is 0.00000128. The van der Waals surface area contributed by atoms with Gasteiger partial charge in [0.1, 0.15) is 6.04 Å². The van der Waals surface area contributed by atoms with Crippen LogP contribution in [-0.4, -0.2) is 48.3 Å². The van der Waals surface area contributed by atoms with Crippen molar-refractivity contribution < 1.29 is 14.4 Å². The van der Waals surface area contributed by atoms with Crippen molar-refractivity contribution in [1.29, 1.82) is 0 Å². The molecule has 0 spiro atoms. The van der Waals surface area contributed by atoms with E-state index in [-0.39, 0.29) is 36.7 Å². The number of piperazine rings is 1. The molecule has 0 saturated carbocycles. The Kier molecular flexibility index (Phi) is 4.26. The molecular weight excluding hydrogens is 234 g/mol. The van der Waals surface area contributed by atoms with Crippen LogP contribution in [0.15, 0.2) is 0 Å². The van der Waals surface area contributed by atoms with Gasteiger partial charge in [-0.2, -0.15) is 0 Å². The van der Waals surface area contributed by atoms with Crippen LogP contribution in [0.2, 0.25) is 0 Å². The molecule has 2 aliphatic heterocycles. The number of carbonyl (C=O) groups excluding carboxylic acids is 3. The maximum absolute atomic E-state index is 11.5. The van der Waals surface area contributed by atoms with E-state index in [1.807, 2.05) is 0 Å². The quantitative estimate of drug-likeness (QED) is 0.562. The van der Waals surface area contributed by atoms with Crippen LogP contribution in [0.25, 0.3) is 0 Å². The molecule has 2 rings (SSSR count). The Labute approximate surface area is 99.1 Å². The van der Waals surface area contributed by atoms with Crippen LogP contribution < -0.4 is 10.6 Å². The fourth-order valence-corrected chi connectivity index (χ4v) is 1.93. The fourth-order valence-electron chi connectivity index (χ4n) is 1.93. The molecule has 2 N–H and O–H groups in total. The second-order valence-corrected chi connectivity index (χ2v) is 3.73. The Morgan fingerprint density at radius 2 is 2.00 bits per heavy atom. The number of hydrogen-bond acceptors (Lipinski definition) is 4. The van der Waals surface area contributed by atoms with E-state index in [9.17, 15) is 14.4 Å². The lowest BCUT2D eigenvalue weighted by molar-refractivity contribution is -0.146. The van der Waals surface area contributed by atoms with Crippen LogP contribution in [-0.2, 0) is 14.4 Å². The standard InChI is InChI=1S/C9H13N3O3.ClH/c13-7-2-1-6(9(15)11-7)12-4-3-10-5-8(12)14;/h6,10H,1-5H2,(H,11,13,15);1H/t6-;/m1./s1. The summed E-state index contributed by atoms with van der Waals surface area (Å²) in [7, 11) is 0. The SMILES string of the molecule is Cl.O=C1CC[C@@H](N2CCNCC2=O)C(=O)N1. The van der Waals surface area contributed by atoms with Gasteiger partial charge in [0.05, 0.1) is 6.54 Å². The molecule has 90 valence electrons. The third-order valence-corrected chi connectivity index (χ3v) is 2.71. The normalized spacial score (nSPS) is 26.1.